The van der Waals surface area contributed by atoms with E-state index in [1.54, 1.807) is 18.2 Å². The van der Waals surface area contributed by atoms with E-state index in [1.807, 2.05) is 33.8 Å². The Balaban J connectivity index is 1.85. The van der Waals surface area contributed by atoms with Gasteiger partial charge in [-0.05, 0) is 38.2 Å². The average molecular weight is 529 g/mol. The van der Waals surface area contributed by atoms with Crippen molar-refractivity contribution in [2.75, 3.05) is 13.1 Å². The van der Waals surface area contributed by atoms with Crippen LogP contribution in [0.5, 0.6) is 0 Å². The monoisotopic (exact) mass is 528 g/mol. The maximum Gasteiger partial charge on any atom is 0.329 e. The summed E-state index contributed by atoms with van der Waals surface area (Å²) in [6.07, 6.45) is 10.2. The minimum Gasteiger partial charge on any atom is -0.460 e. The van der Waals surface area contributed by atoms with Crippen molar-refractivity contribution < 1.29 is 28.6 Å². The fourth-order valence-corrected chi connectivity index (χ4v) is 4.82. The Morgan fingerprint density at radius 2 is 2.00 bits per heavy atom. The second kappa shape index (κ2) is 13.5. The Kier molecular flexibility index (Phi) is 10.4. The van der Waals surface area contributed by atoms with Crippen LogP contribution in [0.1, 0.15) is 63.3 Å². The number of esters is 1. The summed E-state index contributed by atoms with van der Waals surface area (Å²) in [6, 6.07) is -1.17. The zero-order valence-electron chi connectivity index (χ0n) is 22.6. The molecule has 2 bridgehead atoms. The van der Waals surface area contributed by atoms with Gasteiger partial charge in [0.25, 0.3) is 5.91 Å². The van der Waals surface area contributed by atoms with E-state index in [9.17, 15) is 19.5 Å². The van der Waals surface area contributed by atoms with Gasteiger partial charge in [-0.3, -0.25) is 9.59 Å². The lowest BCUT2D eigenvalue weighted by Gasteiger charge is -2.29. The topological polar surface area (TPSA) is 148 Å². The van der Waals surface area contributed by atoms with Crippen molar-refractivity contribution in [2.45, 2.75) is 77.7 Å². The van der Waals surface area contributed by atoms with Crippen LogP contribution in [0.25, 0.3) is 0 Å². The third-order valence-corrected chi connectivity index (χ3v) is 6.75. The van der Waals surface area contributed by atoms with Gasteiger partial charge in [-0.15, -0.1) is 0 Å². The van der Waals surface area contributed by atoms with E-state index < -0.39 is 36.2 Å². The van der Waals surface area contributed by atoms with Crippen molar-refractivity contribution in [3.8, 4) is 0 Å². The van der Waals surface area contributed by atoms with Crippen LogP contribution in [0.3, 0.4) is 0 Å². The highest BCUT2D eigenvalue weighted by Crippen LogP contribution is 2.25. The number of fused-ring (bicyclic) bond motifs is 3. The van der Waals surface area contributed by atoms with Crippen molar-refractivity contribution in [2.24, 2.45) is 17.6 Å². The van der Waals surface area contributed by atoms with Gasteiger partial charge in [0.1, 0.15) is 18.4 Å². The van der Waals surface area contributed by atoms with Crippen LogP contribution in [0.4, 0.5) is 0 Å². The van der Waals surface area contributed by atoms with Crippen LogP contribution in [0.15, 0.2) is 46.6 Å². The first kappa shape index (κ1) is 29.3. The molecule has 2 aliphatic rings. The van der Waals surface area contributed by atoms with Crippen molar-refractivity contribution >= 4 is 17.8 Å². The van der Waals surface area contributed by atoms with E-state index in [2.05, 4.69) is 10.3 Å². The number of carbonyl (C=O) groups excluding carboxylic acids is 3. The molecule has 1 saturated heterocycles. The van der Waals surface area contributed by atoms with Crippen molar-refractivity contribution in [1.82, 2.24) is 15.2 Å². The number of hydrogen-bond donors (Lipinski definition) is 3. The molecule has 38 heavy (non-hydrogen) atoms. The van der Waals surface area contributed by atoms with Crippen LogP contribution in [-0.4, -0.2) is 70.2 Å². The number of ether oxygens (including phenoxy) is 1. The smallest absolute Gasteiger partial charge is 0.329 e. The number of carbonyl (C=O) groups is 3. The molecule has 1 aromatic rings. The number of aliphatic hydroxyl groups excluding tert-OH is 1. The highest BCUT2D eigenvalue weighted by atomic mass is 16.5. The number of nitrogens with two attached hydrogens (primary N) is 1. The van der Waals surface area contributed by atoms with E-state index in [-0.39, 0.29) is 36.3 Å². The predicted octanol–water partition coefficient (Wildman–Crippen LogP) is 2.29. The van der Waals surface area contributed by atoms with E-state index in [1.165, 1.54) is 17.2 Å². The van der Waals surface area contributed by atoms with Crippen LogP contribution >= 0.6 is 0 Å². The maximum atomic E-state index is 13.2. The normalized spacial score (nSPS) is 29.4. The number of cyclic esters (lactones) is 1. The first-order valence-corrected chi connectivity index (χ1v) is 13.3. The minimum absolute atomic E-state index is 0.00273. The predicted molar refractivity (Wildman–Crippen MR) is 142 cm³/mol. The lowest BCUT2D eigenvalue weighted by Crippen LogP contribution is -2.44. The standard InChI is InChI=1S/C28H40N4O6/c1-17(2)26-19(4)9-10-24(34)30-11-5-7-18(3)13-21(33)14-20(29)15-25-31-22(16-37-25)27(35)32-12-6-8-23(32)28(36)38-26/h5,7,9-10,13,16-17,19-21,23,26,33H,6,8,11-12,14-15,29H2,1-4H3,(H,30,34)/b7-5?,10-9+,18-13?/t19-,20-,21-,23-,26?/m1/s1. The summed E-state index contributed by atoms with van der Waals surface area (Å²) < 4.78 is 11.4. The van der Waals surface area contributed by atoms with Crippen molar-refractivity contribution in [3.05, 3.63) is 53.8 Å². The number of aliphatic hydroxyl groups is 1. The van der Waals surface area contributed by atoms with Gasteiger partial charge < -0.3 is 30.2 Å². The molecule has 1 aromatic heterocycles. The first-order valence-electron chi connectivity index (χ1n) is 13.3. The lowest BCUT2D eigenvalue weighted by atomic mass is 9.94. The van der Waals surface area contributed by atoms with Crippen LogP contribution in [-0.2, 0) is 20.7 Å². The van der Waals surface area contributed by atoms with Gasteiger partial charge in [0, 0.05) is 31.5 Å². The number of rotatable bonds is 1. The molecule has 1 fully saturated rings. The molecule has 2 aliphatic heterocycles. The van der Waals surface area contributed by atoms with Crippen LogP contribution in [0.2, 0.25) is 0 Å². The van der Waals surface area contributed by atoms with E-state index >= 15 is 0 Å². The van der Waals surface area contributed by atoms with Gasteiger partial charge >= 0.3 is 5.97 Å². The summed E-state index contributed by atoms with van der Waals surface area (Å²) >= 11 is 0. The van der Waals surface area contributed by atoms with Gasteiger partial charge in [0.2, 0.25) is 5.91 Å². The zero-order valence-corrected chi connectivity index (χ0v) is 22.6. The minimum atomic E-state index is -0.781. The highest BCUT2D eigenvalue weighted by molar-refractivity contribution is 5.95. The number of allylic oxidation sites excluding steroid dienone is 2. The molecule has 5 atom stereocenters. The average Bonchev–Trinajstić information content (AvgIpc) is 3.52. The summed E-state index contributed by atoms with van der Waals surface area (Å²) in [5, 5.41) is 13.2. The molecule has 4 N–H and O–H groups in total. The maximum absolute atomic E-state index is 13.2. The van der Waals surface area contributed by atoms with Crippen molar-refractivity contribution in [3.63, 3.8) is 0 Å². The number of aromatic nitrogens is 1. The van der Waals surface area contributed by atoms with Gasteiger partial charge in [-0.2, -0.15) is 0 Å². The molecular formula is C28H40N4O6. The van der Waals surface area contributed by atoms with E-state index in [0.29, 0.717) is 31.8 Å². The molecule has 3 rings (SSSR count). The number of nitrogens with zero attached hydrogens (tertiary/aromatic N) is 2. The molecule has 2 amide bonds. The van der Waals surface area contributed by atoms with Gasteiger partial charge in [0.15, 0.2) is 11.6 Å². The Bertz CT molecular complexity index is 1080. The summed E-state index contributed by atoms with van der Waals surface area (Å²) in [4.78, 5) is 44.5. The van der Waals surface area contributed by atoms with Crippen molar-refractivity contribution in [1.29, 1.82) is 0 Å². The van der Waals surface area contributed by atoms with Gasteiger partial charge in [0.05, 0.1) is 6.10 Å². The number of amides is 2. The molecule has 208 valence electrons. The largest absolute Gasteiger partial charge is 0.460 e. The second-order valence-electron chi connectivity index (χ2n) is 10.5. The molecule has 0 saturated carbocycles. The number of hydrogen-bond acceptors (Lipinski definition) is 8. The summed E-state index contributed by atoms with van der Waals surface area (Å²) in [5.74, 6) is -1.06. The molecule has 3 heterocycles. The third-order valence-electron chi connectivity index (χ3n) is 6.75. The summed E-state index contributed by atoms with van der Waals surface area (Å²) in [6.45, 7) is 8.37. The SMILES string of the molecule is CC1=C[C@@H](O)C[C@@H](N)Cc2nc(co2)C(=O)N2CCC[C@@H]2C(=O)OC(C(C)C)[C@H](C)/C=C/C(=O)NCC=C1. The third kappa shape index (κ3) is 8.13. The molecule has 10 nitrogen and oxygen atoms in total. The Labute approximate surface area is 224 Å². The molecular weight excluding hydrogens is 488 g/mol. The quantitative estimate of drug-likeness (QED) is 0.470. The van der Waals surface area contributed by atoms with E-state index in [4.69, 9.17) is 14.9 Å². The molecule has 0 radical (unpaired) electrons. The van der Waals surface area contributed by atoms with E-state index in [0.717, 1.165) is 5.57 Å². The zero-order chi connectivity index (χ0) is 27.8. The fraction of sp³-hybridized carbons (Fsp3) is 0.571. The lowest BCUT2D eigenvalue weighted by molar-refractivity contribution is -0.158. The summed E-state index contributed by atoms with van der Waals surface area (Å²) in [5.41, 5.74) is 7.12. The molecule has 10 heteroatoms. The number of nitrogens with one attached hydrogen (secondary N) is 1. The Morgan fingerprint density at radius 3 is 2.74 bits per heavy atom. The Morgan fingerprint density at radius 1 is 1.24 bits per heavy atom. The second-order valence-corrected chi connectivity index (χ2v) is 10.5. The molecule has 0 spiro atoms. The molecule has 1 unspecified atom stereocenters. The summed E-state index contributed by atoms with van der Waals surface area (Å²) in [7, 11) is 0. The van der Waals surface area contributed by atoms with Gasteiger partial charge in [-0.25, -0.2) is 9.78 Å². The van der Waals surface area contributed by atoms with Gasteiger partial charge in [-0.1, -0.05) is 50.6 Å². The number of oxazole rings is 1. The van der Waals surface area contributed by atoms with Crippen LogP contribution in [0, 0.1) is 11.8 Å². The van der Waals surface area contributed by atoms with Crippen LogP contribution < -0.4 is 11.1 Å². The molecule has 0 aromatic carbocycles. The molecule has 0 aliphatic carbocycles. The Hall–Kier alpha value is -3.24. The first-order chi connectivity index (χ1) is 18.0. The fourth-order valence-electron chi connectivity index (χ4n) is 4.82. The highest BCUT2D eigenvalue weighted by Gasteiger charge is 2.38.